The van der Waals surface area contributed by atoms with Crippen LogP contribution in [0.2, 0.25) is 0 Å². The number of hydrogen-bond donors (Lipinski definition) is 0. The van der Waals surface area contributed by atoms with Crippen molar-refractivity contribution >= 4 is 43.8 Å². The summed E-state index contributed by atoms with van der Waals surface area (Å²) >= 11 is 0. The molecule has 0 atom stereocenters. The fourth-order valence-corrected chi connectivity index (χ4v) is 1.72. The van der Waals surface area contributed by atoms with Crippen molar-refractivity contribution in [3.8, 4) is 0 Å². The second-order valence-electron chi connectivity index (χ2n) is 10.8. The van der Waals surface area contributed by atoms with Gasteiger partial charge in [-0.15, -0.1) is 0 Å². The van der Waals surface area contributed by atoms with E-state index in [1.807, 2.05) is 0 Å². The zero-order valence-electron chi connectivity index (χ0n) is 20.8. The first-order chi connectivity index (χ1) is 13.2. The van der Waals surface area contributed by atoms with Gasteiger partial charge in [0.25, 0.3) is 0 Å². The molecule has 0 aromatic heterocycles. The summed E-state index contributed by atoms with van der Waals surface area (Å²) in [6.07, 6.45) is 0. The van der Waals surface area contributed by atoms with Crippen LogP contribution in [-0.2, 0) is 10.1 Å². The van der Waals surface area contributed by atoms with Gasteiger partial charge in [0.05, 0.1) is 16.8 Å². The predicted molar refractivity (Wildman–Crippen MR) is 135 cm³/mol. The smallest absolute Gasteiger partial charge is 0.125 e. The summed E-state index contributed by atoms with van der Waals surface area (Å²) in [5.41, 5.74) is -1.50. The van der Waals surface area contributed by atoms with Crippen LogP contribution in [0.3, 0.4) is 0 Å². The number of carbonyl (C=O) groups excluding carboxylic acids is 2. The average Bonchev–Trinajstić information content (AvgIpc) is 2.40. The summed E-state index contributed by atoms with van der Waals surface area (Å²) in [4.78, 5) is 19.7. The Morgan fingerprint density at radius 2 is 0.968 bits per heavy atom. The summed E-state index contributed by atoms with van der Waals surface area (Å²) in [6.45, 7) is 27.6. The van der Waals surface area contributed by atoms with Gasteiger partial charge in [-0.3, -0.25) is 0 Å². The van der Waals surface area contributed by atoms with Gasteiger partial charge >= 0.3 is 0 Å². The van der Waals surface area contributed by atoms with Gasteiger partial charge in [-0.25, -0.2) is 8.42 Å². The van der Waals surface area contributed by atoms with E-state index < -0.39 is 38.1 Å². The zero-order chi connectivity index (χ0) is 26.0. The third kappa shape index (κ3) is 31.6. The molecule has 0 aliphatic carbocycles. The summed E-state index contributed by atoms with van der Waals surface area (Å²) < 4.78 is 32.0. The first-order valence-electron chi connectivity index (χ1n) is 9.13. The van der Waals surface area contributed by atoms with Crippen LogP contribution < -0.4 is 10.2 Å². The minimum atomic E-state index is -5.10. The number of aromatic carboxylic acids is 2. The number of carboxylic acid groups (broad SMARTS) is 2. The first-order valence-corrected chi connectivity index (χ1v) is 21.3. The zero-order valence-corrected chi connectivity index (χ0v) is 24.3. The Morgan fingerprint density at radius 1 is 0.677 bits per heavy atom. The Labute approximate surface area is 190 Å². The van der Waals surface area contributed by atoms with E-state index in [9.17, 15) is 32.8 Å². The Hall–Kier alpha value is -0.640. The summed E-state index contributed by atoms with van der Waals surface area (Å²) in [5.74, 6) is -3.62. The lowest BCUT2D eigenvalue weighted by Gasteiger charge is -2.15. The van der Waals surface area contributed by atoms with E-state index in [0.29, 0.717) is 12.1 Å². The first kappa shape index (κ1) is 35.0. The molecule has 1 aromatic carbocycles. The SMILES string of the molecule is C[P+](C)(C)C.C[P+](C)(C)C.C[P+](C)(C)C.O=C([O-])c1ccc(C(=O)[O-])c(S(=O)(=O)[O-])c1. The van der Waals surface area contributed by atoms with Gasteiger partial charge in [-0.05, 0) is 11.6 Å². The van der Waals surface area contributed by atoms with E-state index in [1.54, 1.807) is 0 Å². The van der Waals surface area contributed by atoms with Crippen LogP contribution in [0.5, 0.6) is 0 Å². The molecule has 182 valence electrons. The molecule has 0 saturated heterocycles. The molecule has 11 heteroatoms. The van der Waals surface area contributed by atoms with Crippen molar-refractivity contribution in [2.45, 2.75) is 4.90 Å². The third-order valence-corrected chi connectivity index (χ3v) is 2.58. The van der Waals surface area contributed by atoms with E-state index in [2.05, 4.69) is 80.0 Å². The van der Waals surface area contributed by atoms with Gasteiger partial charge in [0.2, 0.25) is 0 Å². The molecule has 31 heavy (non-hydrogen) atoms. The monoisotopic (exact) mass is 516 g/mol. The van der Waals surface area contributed by atoms with E-state index in [0.717, 1.165) is 6.07 Å². The van der Waals surface area contributed by atoms with Crippen molar-refractivity contribution in [3.63, 3.8) is 0 Å². The molecular formula is C20H39O7P3S. The molecule has 0 saturated carbocycles. The van der Waals surface area contributed by atoms with Crippen molar-refractivity contribution in [3.05, 3.63) is 29.3 Å². The van der Waals surface area contributed by atoms with E-state index in [4.69, 9.17) is 0 Å². The van der Waals surface area contributed by atoms with Gasteiger partial charge in [-0.1, -0.05) is 12.1 Å². The maximum absolute atomic E-state index is 10.7. The molecule has 7 nitrogen and oxygen atoms in total. The second-order valence-corrected chi connectivity index (χ2v) is 28.2. The molecule has 0 radical (unpaired) electrons. The van der Waals surface area contributed by atoms with Crippen LogP contribution >= 0.6 is 21.8 Å². The molecule has 0 unspecified atom stereocenters. The van der Waals surface area contributed by atoms with Crippen LogP contribution in [0.1, 0.15) is 20.7 Å². The fourth-order valence-electron chi connectivity index (χ4n) is 1.02. The number of carbonyl (C=O) groups is 2. The molecule has 1 aromatic rings. The van der Waals surface area contributed by atoms with Crippen molar-refractivity contribution < 1.29 is 32.8 Å². The third-order valence-electron chi connectivity index (χ3n) is 1.71. The Balaban J connectivity index is -0.000000428. The number of hydrogen-bond acceptors (Lipinski definition) is 7. The molecular weight excluding hydrogens is 477 g/mol. The fraction of sp³-hybridized carbons (Fsp3) is 0.600. The molecule has 0 heterocycles. The summed E-state index contributed by atoms with van der Waals surface area (Å²) in [6, 6.07) is 1.88. The minimum Gasteiger partial charge on any atom is -0.744 e. The lowest BCUT2D eigenvalue weighted by atomic mass is 10.1. The van der Waals surface area contributed by atoms with Crippen LogP contribution in [0, 0.1) is 0 Å². The highest BCUT2D eigenvalue weighted by Crippen LogP contribution is 2.41. The van der Waals surface area contributed by atoms with Gasteiger partial charge in [0.15, 0.2) is 0 Å². The quantitative estimate of drug-likeness (QED) is 0.442. The maximum Gasteiger partial charge on any atom is 0.125 e. The van der Waals surface area contributed by atoms with Crippen molar-refractivity contribution in [1.82, 2.24) is 0 Å². The average molecular weight is 517 g/mol. The van der Waals surface area contributed by atoms with E-state index in [-0.39, 0.29) is 21.8 Å². The van der Waals surface area contributed by atoms with E-state index >= 15 is 0 Å². The summed E-state index contributed by atoms with van der Waals surface area (Å²) in [5, 5.41) is 20.9. The molecule has 0 aliphatic rings. The Morgan fingerprint density at radius 3 is 1.16 bits per heavy atom. The standard InChI is InChI=1S/C8H6O7S.3C4H12P/c9-7(10)4-1-2-5(8(11)12)6(3-4)16(13,14)15;3*1-5(2,3)4/h1-3H,(H,9,10)(H,11,12)(H,13,14,15);3*1-4H3/q;3*+1/p-3. The van der Waals surface area contributed by atoms with Crippen molar-refractivity contribution in [2.75, 3.05) is 80.0 Å². The topological polar surface area (TPSA) is 137 Å². The molecule has 0 bridgehead atoms. The van der Waals surface area contributed by atoms with Crippen molar-refractivity contribution in [1.29, 1.82) is 0 Å². The van der Waals surface area contributed by atoms with Crippen LogP contribution in [0.4, 0.5) is 0 Å². The van der Waals surface area contributed by atoms with Gasteiger partial charge in [0, 0.05) is 107 Å². The highest BCUT2D eigenvalue weighted by Gasteiger charge is 2.11. The molecule has 0 spiro atoms. The predicted octanol–water partition coefficient (Wildman–Crippen LogP) is 1.89. The minimum absolute atomic E-state index is 0.389. The maximum atomic E-state index is 10.7. The molecule has 0 amide bonds. The van der Waals surface area contributed by atoms with Crippen LogP contribution in [0.15, 0.2) is 23.1 Å². The largest absolute Gasteiger partial charge is 0.744 e. The van der Waals surface area contributed by atoms with Gasteiger partial charge in [-0.2, -0.15) is 0 Å². The summed E-state index contributed by atoms with van der Waals surface area (Å²) in [7, 11) is -6.26. The normalized spacial score (nSPS) is 11.5. The van der Waals surface area contributed by atoms with Crippen molar-refractivity contribution in [2.24, 2.45) is 0 Å². The lowest BCUT2D eigenvalue weighted by Crippen LogP contribution is -2.26. The van der Waals surface area contributed by atoms with Crippen LogP contribution in [-0.4, -0.2) is 105 Å². The van der Waals surface area contributed by atoms with Gasteiger partial charge < -0.3 is 24.4 Å². The highest BCUT2D eigenvalue weighted by atomic mass is 32.2. The van der Waals surface area contributed by atoms with Gasteiger partial charge in [0.1, 0.15) is 10.1 Å². The number of rotatable bonds is 3. The lowest BCUT2D eigenvalue weighted by molar-refractivity contribution is -0.256. The number of benzene rings is 1. The molecule has 0 N–H and O–H groups in total. The molecule has 0 fully saturated rings. The highest BCUT2D eigenvalue weighted by molar-refractivity contribution is 7.85. The Bertz CT molecular complexity index is 770. The van der Waals surface area contributed by atoms with Crippen LogP contribution in [0.25, 0.3) is 0 Å². The Kier molecular flexibility index (Phi) is 15.6. The second kappa shape index (κ2) is 13.8. The molecule has 1 rings (SSSR count). The van der Waals surface area contributed by atoms with E-state index in [1.165, 1.54) is 0 Å². The molecule has 0 aliphatic heterocycles. The number of carboxylic acids is 2.